The van der Waals surface area contributed by atoms with Crippen LogP contribution < -0.4 is 15.7 Å². The maximum absolute atomic E-state index is 6.66. The molecule has 0 spiro atoms. The molecule has 0 amide bonds. The van der Waals surface area contributed by atoms with Crippen molar-refractivity contribution in [3.8, 4) is 16.8 Å². The summed E-state index contributed by atoms with van der Waals surface area (Å²) in [6.45, 7) is 6.74. The maximum atomic E-state index is 6.66. The van der Waals surface area contributed by atoms with Crippen molar-refractivity contribution in [2.45, 2.75) is 26.2 Å². The minimum absolute atomic E-state index is 0.0447. The zero-order chi connectivity index (χ0) is 36.3. The lowest BCUT2D eigenvalue weighted by atomic mass is 9.44. The van der Waals surface area contributed by atoms with E-state index in [-0.39, 0.29) is 12.3 Å². The van der Waals surface area contributed by atoms with E-state index in [9.17, 15) is 0 Å². The van der Waals surface area contributed by atoms with Gasteiger partial charge >= 0.3 is 6.85 Å². The zero-order valence-corrected chi connectivity index (χ0v) is 30.6. The van der Waals surface area contributed by atoms with Crippen LogP contribution in [0.15, 0.2) is 154 Å². The van der Waals surface area contributed by atoms with Crippen molar-refractivity contribution in [3.05, 3.63) is 151 Å². The number of fused-ring (bicyclic) bond motifs is 16. The summed E-state index contributed by atoms with van der Waals surface area (Å²) in [6, 6.07) is 53.6. The molecule has 5 heteroatoms. The lowest BCUT2D eigenvalue weighted by Crippen LogP contribution is -2.60. The topological polar surface area (TPSA) is 34.5 Å². The fraction of sp³-hybridized carbons (Fsp3) is 0.0800. The van der Waals surface area contributed by atoms with Crippen LogP contribution in [0.1, 0.15) is 26.3 Å². The van der Waals surface area contributed by atoms with Crippen LogP contribution in [-0.2, 0) is 5.41 Å². The smallest absolute Gasteiger partial charge is 0.333 e. The minimum atomic E-state index is -0.110. The van der Waals surface area contributed by atoms with Gasteiger partial charge in [-0.2, -0.15) is 0 Å². The van der Waals surface area contributed by atoms with E-state index in [0.717, 1.165) is 49.4 Å². The van der Waals surface area contributed by atoms with Crippen LogP contribution in [0.5, 0.6) is 0 Å². The van der Waals surface area contributed by atoms with Gasteiger partial charge in [0.25, 0.3) is 0 Å². The molecule has 0 N–H and O–H groups in total. The van der Waals surface area contributed by atoms with E-state index in [0.29, 0.717) is 0 Å². The highest BCUT2D eigenvalue weighted by Crippen LogP contribution is 2.49. The van der Waals surface area contributed by atoms with Crippen molar-refractivity contribution in [1.82, 2.24) is 4.57 Å². The summed E-state index contributed by atoms with van der Waals surface area (Å²) in [5.41, 5.74) is 16.0. The van der Waals surface area contributed by atoms with E-state index in [1.165, 1.54) is 71.7 Å². The highest BCUT2D eigenvalue weighted by molar-refractivity contribution is 6.94. The molecular weight excluding hydrogens is 671 g/mol. The van der Waals surface area contributed by atoms with Gasteiger partial charge in [-0.1, -0.05) is 112 Å². The fourth-order valence-corrected chi connectivity index (χ4v) is 10.00. The Labute approximate surface area is 316 Å². The standard InChI is InChI=1S/C50H33BN2O2/c1-50(2,3)29-17-19-30(20-18-29)53-40-23-16-28-10-4-5-11-31(28)47(40)35-22-21-34-36-24-37-32-12-6-8-14-43(32)55-46(37)27-41(36)52-42-25-38-33-13-7-9-15-44(33)54-45(38)26-39(42)51(53)48(35)49(34)52/h4-27H,1-3H3. The average molecular weight is 705 g/mol. The third kappa shape index (κ3) is 3.77. The van der Waals surface area contributed by atoms with Gasteiger partial charge in [0.15, 0.2) is 0 Å². The molecule has 0 bridgehead atoms. The van der Waals surface area contributed by atoms with Gasteiger partial charge in [0.05, 0.1) is 11.0 Å². The molecule has 0 unspecified atom stereocenters. The Balaban J connectivity index is 1.23. The van der Waals surface area contributed by atoms with Gasteiger partial charge in [0, 0.05) is 61.0 Å². The van der Waals surface area contributed by atoms with E-state index < -0.39 is 0 Å². The van der Waals surface area contributed by atoms with Crippen LogP contribution in [0.4, 0.5) is 11.4 Å². The van der Waals surface area contributed by atoms with Gasteiger partial charge in [-0.25, -0.2) is 0 Å². The molecular formula is C50H33BN2O2. The van der Waals surface area contributed by atoms with Crippen LogP contribution in [0.2, 0.25) is 0 Å². The summed E-state index contributed by atoms with van der Waals surface area (Å²) in [5.74, 6) is 0. The molecule has 11 aromatic rings. The van der Waals surface area contributed by atoms with Crippen molar-refractivity contribution in [2.75, 3.05) is 4.81 Å². The van der Waals surface area contributed by atoms with Gasteiger partial charge < -0.3 is 18.2 Å². The predicted molar refractivity (Wildman–Crippen MR) is 231 cm³/mol. The summed E-state index contributed by atoms with van der Waals surface area (Å²) in [7, 11) is 0. The summed E-state index contributed by atoms with van der Waals surface area (Å²) < 4.78 is 15.7. The first-order chi connectivity index (χ1) is 26.9. The number of rotatable bonds is 1. The summed E-state index contributed by atoms with van der Waals surface area (Å²) in [6.07, 6.45) is 0. The number of hydrogen-bond donors (Lipinski definition) is 0. The second-order valence-electron chi connectivity index (χ2n) is 16.5. The van der Waals surface area contributed by atoms with Crippen molar-refractivity contribution < 1.29 is 8.83 Å². The van der Waals surface area contributed by atoms with Crippen molar-refractivity contribution >= 4 is 106 Å². The monoisotopic (exact) mass is 704 g/mol. The number of hydrogen-bond acceptors (Lipinski definition) is 3. The molecule has 4 nitrogen and oxygen atoms in total. The van der Waals surface area contributed by atoms with Gasteiger partial charge in [-0.15, -0.1) is 0 Å². The van der Waals surface area contributed by atoms with E-state index >= 15 is 0 Å². The minimum Gasteiger partial charge on any atom is -0.456 e. The number of aromatic nitrogens is 1. The summed E-state index contributed by atoms with van der Waals surface area (Å²) in [5, 5.41) is 9.51. The molecule has 13 rings (SSSR count). The highest BCUT2D eigenvalue weighted by atomic mass is 16.3. The average Bonchev–Trinajstić information content (AvgIpc) is 3.87. The summed E-state index contributed by atoms with van der Waals surface area (Å²) in [4.78, 5) is 2.60. The van der Waals surface area contributed by atoms with E-state index in [2.05, 4.69) is 170 Å². The number of benzene rings is 8. The molecule has 55 heavy (non-hydrogen) atoms. The van der Waals surface area contributed by atoms with Gasteiger partial charge in [0.2, 0.25) is 0 Å². The Morgan fingerprint density at radius 3 is 1.93 bits per heavy atom. The normalized spacial score (nSPS) is 13.7. The van der Waals surface area contributed by atoms with E-state index in [1.54, 1.807) is 0 Å². The van der Waals surface area contributed by atoms with E-state index in [1.807, 2.05) is 6.07 Å². The number of para-hydroxylation sites is 2. The number of furan rings is 2. The number of anilines is 2. The van der Waals surface area contributed by atoms with Crippen LogP contribution >= 0.6 is 0 Å². The largest absolute Gasteiger partial charge is 0.456 e. The second kappa shape index (κ2) is 10.1. The maximum Gasteiger partial charge on any atom is 0.333 e. The van der Waals surface area contributed by atoms with E-state index in [4.69, 9.17) is 8.83 Å². The lowest BCUT2D eigenvalue weighted by molar-refractivity contribution is 0.590. The van der Waals surface area contributed by atoms with Gasteiger partial charge in [-0.05, 0) is 86.8 Å². The number of nitrogens with zero attached hydrogens (tertiary/aromatic N) is 2. The Morgan fingerprint density at radius 2 is 1.18 bits per heavy atom. The quantitative estimate of drug-likeness (QED) is 0.160. The van der Waals surface area contributed by atoms with Crippen molar-refractivity contribution in [2.24, 2.45) is 0 Å². The Hall–Kier alpha value is -6.72. The van der Waals surface area contributed by atoms with Crippen molar-refractivity contribution in [3.63, 3.8) is 0 Å². The third-order valence-corrected chi connectivity index (χ3v) is 12.5. The summed E-state index contributed by atoms with van der Waals surface area (Å²) >= 11 is 0. The van der Waals surface area contributed by atoms with Crippen LogP contribution in [0.25, 0.3) is 93.3 Å². The second-order valence-corrected chi connectivity index (χ2v) is 16.5. The first-order valence-electron chi connectivity index (χ1n) is 19.2. The third-order valence-electron chi connectivity index (χ3n) is 12.5. The molecule has 0 atom stereocenters. The highest BCUT2D eigenvalue weighted by Gasteiger charge is 2.45. The van der Waals surface area contributed by atoms with Crippen LogP contribution in [-0.4, -0.2) is 11.4 Å². The molecule has 2 aliphatic rings. The van der Waals surface area contributed by atoms with Crippen LogP contribution in [0.3, 0.4) is 0 Å². The molecule has 3 aromatic heterocycles. The first kappa shape index (κ1) is 29.7. The van der Waals surface area contributed by atoms with Gasteiger partial charge in [-0.3, -0.25) is 0 Å². The molecule has 0 radical (unpaired) electrons. The Kier molecular flexibility index (Phi) is 5.44. The first-order valence-corrected chi connectivity index (χ1v) is 19.2. The van der Waals surface area contributed by atoms with Gasteiger partial charge in [0.1, 0.15) is 22.3 Å². The molecule has 2 aliphatic heterocycles. The molecule has 0 aliphatic carbocycles. The van der Waals surface area contributed by atoms with Crippen molar-refractivity contribution in [1.29, 1.82) is 0 Å². The predicted octanol–water partition coefficient (Wildman–Crippen LogP) is 12.3. The molecule has 5 heterocycles. The molecule has 0 saturated carbocycles. The molecule has 0 saturated heterocycles. The zero-order valence-electron chi connectivity index (χ0n) is 30.6. The molecule has 258 valence electrons. The molecule has 0 fully saturated rings. The Morgan fingerprint density at radius 1 is 0.509 bits per heavy atom. The fourth-order valence-electron chi connectivity index (χ4n) is 10.00. The van der Waals surface area contributed by atoms with Crippen LogP contribution in [0, 0.1) is 0 Å². The Bertz CT molecular complexity index is 3490. The SMILES string of the molecule is CC(C)(C)c1ccc(N2B3c4cc5oc6ccccc6c5cc4-n4c5cc6oc7ccccc7c6cc5c5ccc(c3c54)-c3c2ccc2ccccc32)cc1. The lowest BCUT2D eigenvalue weighted by Gasteiger charge is -2.42. The molecule has 8 aromatic carbocycles.